The van der Waals surface area contributed by atoms with Crippen LogP contribution in [0.25, 0.3) is 0 Å². The number of epoxide rings is 2. The Balaban J connectivity index is 1.90. The lowest BCUT2D eigenvalue weighted by Gasteiger charge is -2.47. The van der Waals surface area contributed by atoms with Crippen molar-refractivity contribution in [3.63, 3.8) is 0 Å². The number of carbonyl (C=O) groups is 2. The van der Waals surface area contributed by atoms with Crippen molar-refractivity contribution in [3.05, 3.63) is 0 Å². The van der Waals surface area contributed by atoms with E-state index in [2.05, 4.69) is 6.92 Å². The number of carboxylic acids is 2. The van der Waals surface area contributed by atoms with E-state index in [-0.39, 0.29) is 35.9 Å². The molecule has 0 bridgehead atoms. The van der Waals surface area contributed by atoms with Gasteiger partial charge < -0.3 is 19.7 Å². The van der Waals surface area contributed by atoms with Crippen LogP contribution in [0.1, 0.15) is 26.7 Å². The molecule has 6 nitrogen and oxygen atoms in total. The Bertz CT molecular complexity index is 456. The molecular formula is C16H24O6. The third kappa shape index (κ3) is 2.99. The molecule has 0 radical (unpaired) electrons. The Labute approximate surface area is 129 Å². The van der Waals surface area contributed by atoms with Gasteiger partial charge in [0.2, 0.25) is 0 Å². The smallest absolute Gasteiger partial charge is 0.307 e. The third-order valence-electron chi connectivity index (χ3n) is 5.91. The zero-order chi connectivity index (χ0) is 16.0. The number of hydrogen-bond donors (Lipinski definition) is 2. The normalized spacial score (nSPS) is 47.0. The highest BCUT2D eigenvalue weighted by molar-refractivity contribution is 5.81. The molecule has 22 heavy (non-hydrogen) atoms. The fourth-order valence-electron chi connectivity index (χ4n) is 4.41. The molecule has 2 aliphatic heterocycles. The van der Waals surface area contributed by atoms with Gasteiger partial charge in [0, 0.05) is 0 Å². The maximum absolute atomic E-state index is 11.8. The summed E-state index contributed by atoms with van der Waals surface area (Å²) in [6.45, 7) is 5.35. The fraction of sp³-hybridized carbons (Fsp3) is 0.875. The average molecular weight is 312 g/mol. The van der Waals surface area contributed by atoms with Gasteiger partial charge in [-0.3, -0.25) is 9.59 Å². The van der Waals surface area contributed by atoms with Gasteiger partial charge in [-0.15, -0.1) is 0 Å². The molecule has 8 atom stereocenters. The van der Waals surface area contributed by atoms with E-state index >= 15 is 0 Å². The van der Waals surface area contributed by atoms with Crippen LogP contribution in [0.4, 0.5) is 0 Å². The van der Waals surface area contributed by atoms with E-state index in [1.165, 1.54) is 0 Å². The monoisotopic (exact) mass is 312 g/mol. The Kier molecular flexibility index (Phi) is 4.16. The highest BCUT2D eigenvalue weighted by Crippen LogP contribution is 2.51. The first-order valence-corrected chi connectivity index (χ1v) is 8.09. The summed E-state index contributed by atoms with van der Waals surface area (Å²) in [5.41, 5.74) is 0. The molecule has 8 unspecified atom stereocenters. The maximum Gasteiger partial charge on any atom is 0.307 e. The molecule has 3 aliphatic rings. The first kappa shape index (κ1) is 15.7. The van der Waals surface area contributed by atoms with Crippen LogP contribution in [0.15, 0.2) is 0 Å². The Morgan fingerprint density at radius 1 is 0.864 bits per heavy atom. The second-order valence-electron chi connectivity index (χ2n) is 7.16. The summed E-state index contributed by atoms with van der Waals surface area (Å²) in [6, 6.07) is 0. The van der Waals surface area contributed by atoms with Crippen molar-refractivity contribution in [3.8, 4) is 0 Å². The van der Waals surface area contributed by atoms with Crippen molar-refractivity contribution in [2.24, 2.45) is 35.5 Å². The van der Waals surface area contributed by atoms with Gasteiger partial charge in [0.15, 0.2) is 0 Å². The molecule has 1 aliphatic carbocycles. The van der Waals surface area contributed by atoms with Crippen LogP contribution in [0.2, 0.25) is 0 Å². The summed E-state index contributed by atoms with van der Waals surface area (Å²) in [6.07, 6.45) is 1.80. The summed E-state index contributed by atoms with van der Waals surface area (Å²) in [5.74, 6) is -3.59. The van der Waals surface area contributed by atoms with Crippen LogP contribution in [0, 0.1) is 35.5 Å². The van der Waals surface area contributed by atoms with E-state index < -0.39 is 23.8 Å². The minimum Gasteiger partial charge on any atom is -0.481 e. The number of hydrogen-bond acceptors (Lipinski definition) is 4. The molecule has 2 saturated heterocycles. The summed E-state index contributed by atoms with van der Waals surface area (Å²) in [5, 5.41) is 19.3. The minimum absolute atomic E-state index is 0.101. The standard InChI is InChI=1S/C16H24O6/c1-7-8(2)13(15(17)18)14(16(19)20)12(4-10-6-22-10)11(7)3-9-5-21-9/h7-14H,3-6H2,1-2H3,(H,17,18)(H,19,20). The number of aliphatic carboxylic acids is 2. The SMILES string of the molecule is CC1C(C)C(C(=O)O)C(C(=O)O)C(CC2CO2)C1CC1CO1. The van der Waals surface area contributed by atoms with Crippen LogP contribution in [0.5, 0.6) is 0 Å². The van der Waals surface area contributed by atoms with Crippen molar-refractivity contribution in [2.45, 2.75) is 38.9 Å². The van der Waals surface area contributed by atoms with Crippen molar-refractivity contribution in [2.75, 3.05) is 13.2 Å². The quantitative estimate of drug-likeness (QED) is 0.721. The molecule has 0 aromatic heterocycles. The number of ether oxygens (including phenoxy) is 2. The van der Waals surface area contributed by atoms with Crippen LogP contribution >= 0.6 is 0 Å². The molecule has 0 amide bonds. The molecule has 3 fully saturated rings. The highest BCUT2D eigenvalue weighted by atomic mass is 16.6. The molecule has 0 aromatic rings. The van der Waals surface area contributed by atoms with Gasteiger partial charge >= 0.3 is 11.9 Å². The zero-order valence-electron chi connectivity index (χ0n) is 13.0. The summed E-state index contributed by atoms with van der Waals surface area (Å²) in [7, 11) is 0. The molecule has 6 heteroatoms. The van der Waals surface area contributed by atoms with E-state index in [1.54, 1.807) is 0 Å². The van der Waals surface area contributed by atoms with E-state index in [9.17, 15) is 19.8 Å². The molecule has 0 spiro atoms. The van der Waals surface area contributed by atoms with Crippen molar-refractivity contribution in [1.29, 1.82) is 0 Å². The zero-order valence-corrected chi connectivity index (χ0v) is 13.0. The topological polar surface area (TPSA) is 99.7 Å². The highest BCUT2D eigenvalue weighted by Gasteiger charge is 2.54. The molecule has 3 rings (SSSR count). The summed E-state index contributed by atoms with van der Waals surface area (Å²) in [4.78, 5) is 23.5. The predicted molar refractivity (Wildman–Crippen MR) is 76.3 cm³/mol. The Hall–Kier alpha value is -1.14. The lowest BCUT2D eigenvalue weighted by molar-refractivity contribution is -0.167. The summed E-state index contributed by atoms with van der Waals surface area (Å²) < 4.78 is 10.6. The van der Waals surface area contributed by atoms with Gasteiger partial charge in [0.05, 0.1) is 37.3 Å². The molecular weight excluding hydrogens is 288 g/mol. The largest absolute Gasteiger partial charge is 0.481 e. The van der Waals surface area contributed by atoms with Gasteiger partial charge in [0.25, 0.3) is 0 Å². The van der Waals surface area contributed by atoms with Crippen molar-refractivity contribution in [1.82, 2.24) is 0 Å². The molecule has 0 aromatic carbocycles. The Morgan fingerprint density at radius 3 is 1.73 bits per heavy atom. The van der Waals surface area contributed by atoms with E-state index in [0.29, 0.717) is 13.0 Å². The van der Waals surface area contributed by atoms with Crippen molar-refractivity contribution >= 4 is 11.9 Å². The molecule has 124 valence electrons. The molecule has 1 saturated carbocycles. The van der Waals surface area contributed by atoms with Gasteiger partial charge in [-0.2, -0.15) is 0 Å². The predicted octanol–water partition coefficient (Wildman–Crippen LogP) is 1.48. The molecule has 2 heterocycles. The second kappa shape index (κ2) is 5.81. The van der Waals surface area contributed by atoms with E-state index in [1.807, 2.05) is 6.92 Å². The van der Waals surface area contributed by atoms with Gasteiger partial charge in [-0.25, -0.2) is 0 Å². The van der Waals surface area contributed by atoms with Crippen molar-refractivity contribution < 1.29 is 29.3 Å². The minimum atomic E-state index is -0.991. The van der Waals surface area contributed by atoms with Crippen LogP contribution in [0.3, 0.4) is 0 Å². The molecule has 2 N–H and O–H groups in total. The second-order valence-corrected chi connectivity index (χ2v) is 7.16. The van der Waals surface area contributed by atoms with Gasteiger partial charge in [-0.1, -0.05) is 13.8 Å². The number of rotatable bonds is 6. The first-order valence-electron chi connectivity index (χ1n) is 8.09. The lowest BCUT2D eigenvalue weighted by Crippen LogP contribution is -2.51. The van der Waals surface area contributed by atoms with Crippen LogP contribution in [-0.4, -0.2) is 47.6 Å². The van der Waals surface area contributed by atoms with Gasteiger partial charge in [0.1, 0.15) is 0 Å². The maximum atomic E-state index is 11.8. The van der Waals surface area contributed by atoms with Crippen LogP contribution in [-0.2, 0) is 19.1 Å². The fourth-order valence-corrected chi connectivity index (χ4v) is 4.41. The number of carboxylic acid groups (broad SMARTS) is 2. The first-order chi connectivity index (χ1) is 10.4. The van der Waals surface area contributed by atoms with E-state index in [4.69, 9.17) is 9.47 Å². The Morgan fingerprint density at radius 2 is 1.32 bits per heavy atom. The average Bonchev–Trinajstić information content (AvgIpc) is 3.31. The lowest BCUT2D eigenvalue weighted by atomic mass is 9.56. The van der Waals surface area contributed by atoms with Crippen LogP contribution < -0.4 is 0 Å². The van der Waals surface area contributed by atoms with Gasteiger partial charge in [-0.05, 0) is 36.5 Å². The summed E-state index contributed by atoms with van der Waals surface area (Å²) >= 11 is 0. The van der Waals surface area contributed by atoms with E-state index in [0.717, 1.165) is 13.0 Å². The third-order valence-corrected chi connectivity index (χ3v) is 5.91.